The fourth-order valence-corrected chi connectivity index (χ4v) is 3.67. The molecule has 0 bridgehead atoms. The maximum absolute atomic E-state index is 12.8. The van der Waals surface area contributed by atoms with Gasteiger partial charge in [-0.2, -0.15) is 0 Å². The smallest absolute Gasteiger partial charge is 0.261 e. The summed E-state index contributed by atoms with van der Waals surface area (Å²) < 4.78 is 2.90. The monoisotopic (exact) mass is 348 g/mol. The quantitative estimate of drug-likeness (QED) is 0.802. The molecule has 3 rings (SSSR count). The van der Waals surface area contributed by atoms with Crippen LogP contribution in [0, 0.1) is 5.92 Å². The molecule has 0 aliphatic carbocycles. The van der Waals surface area contributed by atoms with Crippen molar-refractivity contribution in [1.82, 2.24) is 9.55 Å². The molecule has 1 aliphatic heterocycles. The van der Waals surface area contributed by atoms with Crippen molar-refractivity contribution in [2.45, 2.75) is 52.0 Å². The second-order valence-corrected chi connectivity index (χ2v) is 7.33. The highest BCUT2D eigenvalue weighted by atomic mass is 79.9. The van der Waals surface area contributed by atoms with Gasteiger partial charge in [-0.3, -0.25) is 9.36 Å². The van der Waals surface area contributed by atoms with E-state index < -0.39 is 0 Å². The predicted octanol–water partition coefficient (Wildman–Crippen LogP) is 4.47. The Balaban J connectivity index is 2.21. The summed E-state index contributed by atoms with van der Waals surface area (Å²) in [5.74, 6) is 2.03. The molecule has 2 aromatic rings. The van der Waals surface area contributed by atoms with Crippen LogP contribution in [0.25, 0.3) is 10.9 Å². The van der Waals surface area contributed by atoms with Crippen molar-refractivity contribution in [3.63, 3.8) is 0 Å². The summed E-state index contributed by atoms with van der Waals surface area (Å²) in [7, 11) is 0. The highest BCUT2D eigenvalue weighted by Crippen LogP contribution is 2.31. The van der Waals surface area contributed by atoms with Crippen molar-refractivity contribution >= 4 is 26.8 Å². The lowest BCUT2D eigenvalue weighted by Crippen LogP contribution is -2.26. The van der Waals surface area contributed by atoms with E-state index in [1.165, 1.54) is 6.42 Å². The Hall–Kier alpha value is -1.16. The van der Waals surface area contributed by atoms with Crippen molar-refractivity contribution in [2.24, 2.45) is 5.92 Å². The summed E-state index contributed by atoms with van der Waals surface area (Å²) in [5, 5.41) is 0.729. The molecule has 0 amide bonds. The number of hydrogen-bond donors (Lipinski definition) is 0. The lowest BCUT2D eigenvalue weighted by molar-refractivity contribution is 0.455. The van der Waals surface area contributed by atoms with Gasteiger partial charge in [-0.15, -0.1) is 0 Å². The molecule has 2 heterocycles. The van der Waals surface area contributed by atoms with E-state index >= 15 is 0 Å². The van der Waals surface area contributed by atoms with Crippen LogP contribution in [0.2, 0.25) is 0 Å². The van der Waals surface area contributed by atoms with Crippen molar-refractivity contribution in [1.29, 1.82) is 0 Å². The molecule has 1 aromatic heterocycles. The van der Waals surface area contributed by atoms with Gasteiger partial charge >= 0.3 is 0 Å². The molecule has 1 aliphatic rings. The second kappa shape index (κ2) is 5.91. The van der Waals surface area contributed by atoms with Gasteiger partial charge in [0, 0.05) is 16.9 Å². The lowest BCUT2D eigenvalue weighted by Gasteiger charge is -2.19. The van der Waals surface area contributed by atoms with E-state index in [-0.39, 0.29) is 5.56 Å². The zero-order chi connectivity index (χ0) is 15.0. The molecule has 0 saturated carbocycles. The van der Waals surface area contributed by atoms with Crippen LogP contribution < -0.4 is 5.56 Å². The van der Waals surface area contributed by atoms with Gasteiger partial charge in [0.05, 0.1) is 10.9 Å². The van der Waals surface area contributed by atoms with E-state index in [0.29, 0.717) is 11.8 Å². The molecule has 3 nitrogen and oxygen atoms in total. The average molecular weight is 349 g/mol. The first-order chi connectivity index (χ1) is 10.1. The van der Waals surface area contributed by atoms with E-state index in [1.54, 1.807) is 0 Å². The van der Waals surface area contributed by atoms with Crippen LogP contribution in [0.3, 0.4) is 0 Å². The third-order valence-electron chi connectivity index (χ3n) is 4.25. The molecule has 0 fully saturated rings. The normalized spacial score (nSPS) is 18.8. The molecular weight excluding hydrogens is 328 g/mol. The highest BCUT2D eigenvalue weighted by Gasteiger charge is 2.23. The fourth-order valence-electron chi connectivity index (χ4n) is 3.32. The van der Waals surface area contributed by atoms with E-state index in [0.717, 1.165) is 47.0 Å². The van der Waals surface area contributed by atoms with Crippen LogP contribution in [0.1, 0.15) is 51.3 Å². The fraction of sp³-hybridized carbons (Fsp3) is 0.529. The van der Waals surface area contributed by atoms with Gasteiger partial charge in [0.15, 0.2) is 0 Å². The van der Waals surface area contributed by atoms with Crippen molar-refractivity contribution in [3.8, 4) is 0 Å². The van der Waals surface area contributed by atoms with Crippen LogP contribution >= 0.6 is 15.9 Å². The zero-order valence-electron chi connectivity index (χ0n) is 12.6. The summed E-state index contributed by atoms with van der Waals surface area (Å²) in [4.78, 5) is 17.6. The molecule has 4 heteroatoms. The van der Waals surface area contributed by atoms with Gasteiger partial charge in [-0.1, -0.05) is 36.2 Å². The SMILES string of the molecule is CC(C)CC1CCCCn2c1nc1cc(Br)ccc1c2=O. The molecule has 1 unspecified atom stereocenters. The molecule has 0 N–H and O–H groups in total. The Kier molecular flexibility index (Phi) is 4.16. The minimum absolute atomic E-state index is 0.123. The van der Waals surface area contributed by atoms with Crippen LogP contribution in [0.4, 0.5) is 0 Å². The molecule has 0 spiro atoms. The van der Waals surface area contributed by atoms with Gasteiger partial charge in [-0.05, 0) is 43.4 Å². The van der Waals surface area contributed by atoms with Crippen molar-refractivity contribution in [3.05, 3.63) is 38.9 Å². The van der Waals surface area contributed by atoms with Crippen molar-refractivity contribution < 1.29 is 0 Å². The van der Waals surface area contributed by atoms with E-state index in [4.69, 9.17) is 4.98 Å². The van der Waals surface area contributed by atoms with Gasteiger partial charge in [0.25, 0.3) is 5.56 Å². The largest absolute Gasteiger partial charge is 0.296 e. The molecule has 21 heavy (non-hydrogen) atoms. The Morgan fingerprint density at radius 2 is 2.19 bits per heavy atom. The summed E-state index contributed by atoms with van der Waals surface area (Å²) in [6.07, 6.45) is 4.50. The molecule has 0 radical (unpaired) electrons. The van der Waals surface area contributed by atoms with Crippen molar-refractivity contribution in [2.75, 3.05) is 0 Å². The summed E-state index contributed by atoms with van der Waals surface area (Å²) in [6.45, 7) is 5.29. The predicted molar refractivity (Wildman–Crippen MR) is 89.8 cm³/mol. The van der Waals surface area contributed by atoms with Gasteiger partial charge in [0.2, 0.25) is 0 Å². The third-order valence-corrected chi connectivity index (χ3v) is 4.75. The van der Waals surface area contributed by atoms with Crippen LogP contribution in [-0.4, -0.2) is 9.55 Å². The van der Waals surface area contributed by atoms with E-state index in [1.807, 2.05) is 22.8 Å². The minimum Gasteiger partial charge on any atom is -0.296 e. The topological polar surface area (TPSA) is 34.9 Å². The Morgan fingerprint density at radius 3 is 2.95 bits per heavy atom. The Labute approximate surface area is 133 Å². The minimum atomic E-state index is 0.123. The standard InChI is InChI=1S/C17H21BrN2O/c1-11(2)9-12-5-3-4-8-20-16(12)19-15-10-13(18)6-7-14(15)17(20)21/h6-7,10-12H,3-5,8-9H2,1-2H3. The van der Waals surface area contributed by atoms with Gasteiger partial charge < -0.3 is 0 Å². The Morgan fingerprint density at radius 1 is 1.38 bits per heavy atom. The maximum atomic E-state index is 12.8. The molecule has 1 aromatic carbocycles. The first kappa shape index (κ1) is 14.8. The zero-order valence-corrected chi connectivity index (χ0v) is 14.2. The number of benzene rings is 1. The number of rotatable bonds is 2. The number of hydrogen-bond acceptors (Lipinski definition) is 2. The van der Waals surface area contributed by atoms with Crippen LogP contribution in [-0.2, 0) is 6.54 Å². The summed E-state index contributed by atoms with van der Waals surface area (Å²) in [6, 6.07) is 5.75. The first-order valence-electron chi connectivity index (χ1n) is 7.76. The highest BCUT2D eigenvalue weighted by molar-refractivity contribution is 9.10. The molecule has 112 valence electrons. The van der Waals surface area contributed by atoms with Gasteiger partial charge in [0.1, 0.15) is 5.82 Å². The summed E-state index contributed by atoms with van der Waals surface area (Å²) >= 11 is 3.48. The van der Waals surface area contributed by atoms with Crippen LogP contribution in [0.5, 0.6) is 0 Å². The number of fused-ring (bicyclic) bond motifs is 2. The molecule has 0 saturated heterocycles. The Bertz CT molecular complexity index is 721. The average Bonchev–Trinajstić information content (AvgIpc) is 2.61. The lowest BCUT2D eigenvalue weighted by atomic mass is 9.92. The number of aromatic nitrogens is 2. The first-order valence-corrected chi connectivity index (χ1v) is 8.55. The van der Waals surface area contributed by atoms with E-state index in [2.05, 4.69) is 29.8 Å². The van der Waals surface area contributed by atoms with Gasteiger partial charge in [-0.25, -0.2) is 4.98 Å². The third kappa shape index (κ3) is 2.91. The molecule has 1 atom stereocenters. The number of nitrogens with zero attached hydrogens (tertiary/aromatic N) is 2. The van der Waals surface area contributed by atoms with E-state index in [9.17, 15) is 4.79 Å². The number of halogens is 1. The molecular formula is C17H21BrN2O. The maximum Gasteiger partial charge on any atom is 0.261 e. The second-order valence-electron chi connectivity index (χ2n) is 6.41. The van der Waals surface area contributed by atoms with Crippen LogP contribution in [0.15, 0.2) is 27.5 Å². The summed E-state index contributed by atoms with van der Waals surface area (Å²) in [5.41, 5.74) is 0.939.